The molecular formula is C18H15BF2O2S. The molecule has 0 bridgehead atoms. The summed E-state index contributed by atoms with van der Waals surface area (Å²) in [5.74, 6) is -0.568. The van der Waals surface area contributed by atoms with Crippen LogP contribution in [0.4, 0.5) is 8.63 Å². The van der Waals surface area contributed by atoms with Gasteiger partial charge < -0.3 is 4.65 Å². The molecule has 0 fully saturated rings. The largest absolute Gasteiger partial charge is 0.796 e. The van der Waals surface area contributed by atoms with E-state index in [0.29, 0.717) is 12.0 Å². The van der Waals surface area contributed by atoms with Gasteiger partial charge in [-0.25, -0.2) is 8.63 Å². The van der Waals surface area contributed by atoms with E-state index < -0.39 is 7.47 Å². The summed E-state index contributed by atoms with van der Waals surface area (Å²) < 4.78 is 30.4. The first-order valence-electron chi connectivity index (χ1n) is 7.55. The topological polar surface area (TPSA) is 26.3 Å². The summed E-state index contributed by atoms with van der Waals surface area (Å²) in [5, 5.41) is 1.94. The molecule has 0 saturated heterocycles. The van der Waals surface area contributed by atoms with Gasteiger partial charge in [-0.15, -0.1) is 11.3 Å². The normalized spacial score (nSPS) is 17.5. The highest BCUT2D eigenvalue weighted by Crippen LogP contribution is 2.42. The van der Waals surface area contributed by atoms with E-state index in [1.54, 1.807) is 6.08 Å². The van der Waals surface area contributed by atoms with Crippen molar-refractivity contribution in [1.29, 1.82) is 0 Å². The number of carbonyl (C=O) groups is 1. The Bertz CT molecular complexity index is 783. The number of benzene rings is 1. The highest BCUT2D eigenvalue weighted by atomic mass is 32.1. The van der Waals surface area contributed by atoms with E-state index in [4.69, 9.17) is 4.65 Å². The number of allylic oxidation sites excluding steroid dienone is 3. The molecule has 2 aromatic rings. The molecule has 1 aromatic carbocycles. The van der Waals surface area contributed by atoms with Crippen LogP contribution in [0, 0.1) is 0 Å². The fourth-order valence-electron chi connectivity index (χ4n) is 3.00. The quantitative estimate of drug-likeness (QED) is 0.705. The van der Waals surface area contributed by atoms with Gasteiger partial charge in [0, 0.05) is 16.4 Å². The van der Waals surface area contributed by atoms with E-state index in [1.165, 1.54) is 18.3 Å². The number of rotatable bonds is 5. The zero-order valence-corrected chi connectivity index (χ0v) is 13.9. The van der Waals surface area contributed by atoms with Gasteiger partial charge in [0.25, 0.3) is 0 Å². The number of hydrogen-bond donors (Lipinski definition) is 0. The zero-order chi connectivity index (χ0) is 17.1. The van der Waals surface area contributed by atoms with Crippen LogP contribution < -0.4 is 0 Å². The molecule has 1 aromatic heterocycles. The Morgan fingerprint density at radius 2 is 1.96 bits per heavy atom. The number of Topliss-reactive ketones (excluding diaryl/α,β-unsaturated/α-hetero) is 1. The minimum absolute atomic E-state index is 0.0268. The molecular weight excluding hydrogens is 329 g/mol. The molecule has 0 spiro atoms. The van der Waals surface area contributed by atoms with E-state index in [2.05, 4.69) is 0 Å². The van der Waals surface area contributed by atoms with Crippen LogP contribution in [0.2, 0.25) is 0 Å². The van der Waals surface area contributed by atoms with Gasteiger partial charge in [0.05, 0.1) is 0 Å². The molecule has 1 aliphatic rings. The predicted molar refractivity (Wildman–Crippen MR) is 92.9 cm³/mol. The third-order valence-electron chi connectivity index (χ3n) is 3.98. The van der Waals surface area contributed by atoms with Gasteiger partial charge in [0.1, 0.15) is 5.76 Å². The van der Waals surface area contributed by atoms with Crippen LogP contribution >= 0.6 is 11.3 Å². The molecule has 1 aliphatic carbocycles. The van der Waals surface area contributed by atoms with Gasteiger partial charge in [0.2, 0.25) is 0 Å². The van der Waals surface area contributed by atoms with Crippen LogP contribution in [0.3, 0.4) is 0 Å². The van der Waals surface area contributed by atoms with Crippen LogP contribution in [-0.4, -0.2) is 13.3 Å². The lowest BCUT2D eigenvalue weighted by Gasteiger charge is -2.27. The van der Waals surface area contributed by atoms with Crippen molar-refractivity contribution in [3.05, 3.63) is 75.7 Å². The molecule has 0 amide bonds. The summed E-state index contributed by atoms with van der Waals surface area (Å²) in [7, 11) is -2.97. The summed E-state index contributed by atoms with van der Waals surface area (Å²) in [4.78, 5) is 13.2. The maximum absolute atomic E-state index is 12.9. The number of ketones is 1. The van der Waals surface area contributed by atoms with E-state index in [9.17, 15) is 13.4 Å². The average Bonchev–Trinajstić information content (AvgIpc) is 3.08. The Balaban J connectivity index is 2.13. The van der Waals surface area contributed by atoms with Gasteiger partial charge >= 0.3 is 7.47 Å². The average molecular weight is 344 g/mol. The maximum Gasteiger partial charge on any atom is 0.796 e. The van der Waals surface area contributed by atoms with Crippen molar-refractivity contribution in [1.82, 2.24) is 0 Å². The van der Waals surface area contributed by atoms with E-state index in [1.807, 2.05) is 47.8 Å². The number of hydrogen-bond acceptors (Lipinski definition) is 3. The van der Waals surface area contributed by atoms with Crippen LogP contribution in [0.5, 0.6) is 0 Å². The second-order valence-corrected chi connectivity index (χ2v) is 6.47. The number of thiophene rings is 1. The van der Waals surface area contributed by atoms with Crippen LogP contribution in [0.25, 0.3) is 5.57 Å². The van der Waals surface area contributed by atoms with Crippen LogP contribution in [0.15, 0.2) is 65.3 Å². The molecule has 24 heavy (non-hydrogen) atoms. The molecule has 0 saturated carbocycles. The van der Waals surface area contributed by atoms with Crippen molar-refractivity contribution in [3.63, 3.8) is 0 Å². The van der Waals surface area contributed by atoms with Crippen LogP contribution in [-0.2, 0) is 9.45 Å². The molecule has 1 heterocycles. The van der Waals surface area contributed by atoms with Gasteiger partial charge in [-0.1, -0.05) is 36.4 Å². The third-order valence-corrected chi connectivity index (χ3v) is 4.92. The van der Waals surface area contributed by atoms with Gasteiger partial charge in [-0.05, 0) is 42.0 Å². The first-order valence-corrected chi connectivity index (χ1v) is 8.43. The molecule has 122 valence electrons. The number of halogens is 2. The van der Waals surface area contributed by atoms with Crippen LogP contribution in [0.1, 0.15) is 29.7 Å². The lowest BCUT2D eigenvalue weighted by atomic mass is 9.79. The Morgan fingerprint density at radius 1 is 1.21 bits per heavy atom. The Morgan fingerprint density at radius 3 is 2.54 bits per heavy atom. The summed E-state index contributed by atoms with van der Waals surface area (Å²) in [6.07, 6.45) is 2.16. The fraction of sp³-hybridized carbons (Fsp3) is 0.167. The van der Waals surface area contributed by atoms with Crippen molar-refractivity contribution < 1.29 is 18.1 Å². The van der Waals surface area contributed by atoms with Crippen molar-refractivity contribution in [2.24, 2.45) is 0 Å². The summed E-state index contributed by atoms with van der Waals surface area (Å²) in [6, 6.07) is 13.3. The third kappa shape index (κ3) is 3.48. The molecule has 3 rings (SSSR count). The Hall–Kier alpha value is -2.21. The smallest absolute Gasteiger partial charge is 0.505 e. The van der Waals surface area contributed by atoms with Gasteiger partial charge in [-0.2, -0.15) is 0 Å². The van der Waals surface area contributed by atoms with Crippen molar-refractivity contribution in [2.75, 3.05) is 0 Å². The zero-order valence-electron chi connectivity index (χ0n) is 13.0. The SMILES string of the molecule is CC(=O)C1=C(OB(F)F)C=C(c2cccs2)CC1c1ccccc1. The minimum atomic E-state index is -2.97. The van der Waals surface area contributed by atoms with Crippen molar-refractivity contribution >= 4 is 30.2 Å². The standard InChI is InChI=1S/C18H15BF2O2S/c1-12(22)18-15(13-6-3-2-4-7-13)10-14(17-8-5-9-24-17)11-16(18)23-19(20)21/h2-9,11,15H,10H2,1H3. The molecule has 1 atom stereocenters. The molecule has 2 nitrogen and oxygen atoms in total. The monoisotopic (exact) mass is 344 g/mol. The van der Waals surface area contributed by atoms with E-state index >= 15 is 0 Å². The second kappa shape index (κ2) is 7.13. The minimum Gasteiger partial charge on any atom is -0.505 e. The Labute approximate surface area is 143 Å². The fourth-order valence-corrected chi connectivity index (χ4v) is 3.76. The predicted octanol–water partition coefficient (Wildman–Crippen LogP) is 5.10. The maximum atomic E-state index is 12.9. The van der Waals surface area contributed by atoms with E-state index in [0.717, 1.165) is 16.0 Å². The summed E-state index contributed by atoms with van der Waals surface area (Å²) in [5.41, 5.74) is 2.13. The van der Waals surface area contributed by atoms with Gasteiger partial charge in [-0.3, -0.25) is 4.79 Å². The second-order valence-electron chi connectivity index (χ2n) is 5.53. The lowest BCUT2D eigenvalue weighted by molar-refractivity contribution is -0.114. The molecule has 6 heteroatoms. The summed E-state index contributed by atoms with van der Waals surface area (Å²) in [6.45, 7) is 1.39. The molecule has 0 N–H and O–H groups in total. The lowest BCUT2D eigenvalue weighted by Crippen LogP contribution is -2.19. The Kier molecular flexibility index (Phi) is 4.95. The summed E-state index contributed by atoms with van der Waals surface area (Å²) >= 11 is 1.54. The highest BCUT2D eigenvalue weighted by molar-refractivity contribution is 7.11. The van der Waals surface area contributed by atoms with Crippen molar-refractivity contribution in [3.8, 4) is 0 Å². The highest BCUT2D eigenvalue weighted by Gasteiger charge is 2.32. The molecule has 1 unspecified atom stereocenters. The molecule has 0 aliphatic heterocycles. The first kappa shape index (κ1) is 16.6. The van der Waals surface area contributed by atoms with E-state index in [-0.39, 0.29) is 17.5 Å². The van der Waals surface area contributed by atoms with Gasteiger partial charge in [0.15, 0.2) is 5.78 Å². The molecule has 0 radical (unpaired) electrons. The van der Waals surface area contributed by atoms with Crippen molar-refractivity contribution in [2.45, 2.75) is 19.3 Å². The first-order chi connectivity index (χ1) is 11.6. The number of carbonyl (C=O) groups excluding carboxylic acids is 1.